The molecule has 1 aliphatic heterocycles. The van der Waals surface area contributed by atoms with E-state index in [9.17, 15) is 13.2 Å². The van der Waals surface area contributed by atoms with Gasteiger partial charge in [0.25, 0.3) is 0 Å². The van der Waals surface area contributed by atoms with Gasteiger partial charge in [-0.3, -0.25) is 0 Å². The number of thioether (sulfide) groups is 1. The minimum atomic E-state index is -4.35. The Hall–Kier alpha value is -1.21. The lowest BCUT2D eigenvalue weighted by atomic mass is 10.2. The topological polar surface area (TPSA) is 38.1 Å². The van der Waals surface area contributed by atoms with Crippen molar-refractivity contribution in [1.82, 2.24) is 10.3 Å². The standard InChI is InChI=1S/C12H11F3N2OS/c13-12(14,15)7-1-2-10-8(5-7)17-11(18-10)9-6-19-4-3-16-9/h1-2,5,9,16H,3-4,6H2. The third-order valence-electron chi connectivity index (χ3n) is 2.95. The number of benzene rings is 1. The minimum Gasteiger partial charge on any atom is -0.439 e. The van der Waals surface area contributed by atoms with Crippen molar-refractivity contribution in [1.29, 1.82) is 0 Å². The number of nitrogens with zero attached hydrogens (tertiary/aromatic N) is 1. The second-order valence-corrected chi connectivity index (χ2v) is 5.46. The lowest BCUT2D eigenvalue weighted by Crippen LogP contribution is -2.30. The number of alkyl halides is 3. The van der Waals surface area contributed by atoms with E-state index >= 15 is 0 Å². The number of hydrogen-bond donors (Lipinski definition) is 1. The Kier molecular flexibility index (Phi) is 3.18. The molecule has 1 N–H and O–H groups in total. The van der Waals surface area contributed by atoms with E-state index in [2.05, 4.69) is 10.3 Å². The summed E-state index contributed by atoms with van der Waals surface area (Å²) in [6.07, 6.45) is -4.35. The molecule has 0 radical (unpaired) electrons. The van der Waals surface area contributed by atoms with Gasteiger partial charge in [0.15, 0.2) is 5.58 Å². The highest BCUT2D eigenvalue weighted by molar-refractivity contribution is 7.99. The fraction of sp³-hybridized carbons (Fsp3) is 0.417. The molecule has 0 saturated carbocycles. The first-order valence-electron chi connectivity index (χ1n) is 5.83. The fourth-order valence-corrected chi connectivity index (χ4v) is 2.92. The number of fused-ring (bicyclic) bond motifs is 1. The van der Waals surface area contributed by atoms with E-state index in [-0.39, 0.29) is 11.6 Å². The van der Waals surface area contributed by atoms with Crippen LogP contribution in [0, 0.1) is 0 Å². The first-order valence-corrected chi connectivity index (χ1v) is 6.98. The lowest BCUT2D eigenvalue weighted by molar-refractivity contribution is -0.137. The van der Waals surface area contributed by atoms with Gasteiger partial charge in [0.05, 0.1) is 11.6 Å². The molecule has 2 heterocycles. The van der Waals surface area contributed by atoms with Crippen LogP contribution in [0.5, 0.6) is 0 Å². The van der Waals surface area contributed by atoms with Crippen molar-refractivity contribution in [3.8, 4) is 0 Å². The molecule has 2 aromatic rings. The molecule has 0 amide bonds. The number of halogens is 3. The van der Waals surface area contributed by atoms with Crippen LogP contribution in [0.4, 0.5) is 13.2 Å². The zero-order valence-electron chi connectivity index (χ0n) is 9.83. The summed E-state index contributed by atoms with van der Waals surface area (Å²) in [5.74, 6) is 2.30. The third kappa shape index (κ3) is 2.57. The monoisotopic (exact) mass is 288 g/mol. The number of rotatable bonds is 1. The molecule has 0 bridgehead atoms. The first-order chi connectivity index (χ1) is 9.04. The molecule has 102 valence electrons. The van der Waals surface area contributed by atoms with Gasteiger partial charge >= 0.3 is 6.18 Å². The summed E-state index contributed by atoms with van der Waals surface area (Å²) < 4.78 is 43.3. The maximum atomic E-state index is 12.6. The van der Waals surface area contributed by atoms with Crippen molar-refractivity contribution < 1.29 is 17.6 Å². The number of hydrogen-bond acceptors (Lipinski definition) is 4. The quantitative estimate of drug-likeness (QED) is 0.874. The van der Waals surface area contributed by atoms with E-state index in [1.807, 2.05) is 0 Å². The van der Waals surface area contributed by atoms with Crippen LogP contribution in [-0.4, -0.2) is 23.0 Å². The van der Waals surface area contributed by atoms with Gasteiger partial charge in [-0.25, -0.2) is 4.98 Å². The van der Waals surface area contributed by atoms with Gasteiger partial charge in [-0.15, -0.1) is 0 Å². The zero-order chi connectivity index (χ0) is 13.5. The van der Waals surface area contributed by atoms with Crippen LogP contribution >= 0.6 is 11.8 Å². The molecule has 1 saturated heterocycles. The van der Waals surface area contributed by atoms with Crippen LogP contribution in [-0.2, 0) is 6.18 Å². The maximum absolute atomic E-state index is 12.6. The molecule has 7 heteroatoms. The molecule has 3 rings (SSSR count). The molecule has 19 heavy (non-hydrogen) atoms. The minimum absolute atomic E-state index is 0.0273. The molecule has 1 aromatic heterocycles. The predicted octanol–water partition coefficient (Wildman–Crippen LogP) is 3.22. The Morgan fingerprint density at radius 1 is 1.37 bits per heavy atom. The van der Waals surface area contributed by atoms with E-state index in [1.54, 1.807) is 11.8 Å². The van der Waals surface area contributed by atoms with E-state index < -0.39 is 11.7 Å². The van der Waals surface area contributed by atoms with Crippen molar-refractivity contribution in [2.24, 2.45) is 0 Å². The smallest absolute Gasteiger partial charge is 0.416 e. The van der Waals surface area contributed by atoms with Gasteiger partial charge in [0, 0.05) is 18.1 Å². The van der Waals surface area contributed by atoms with Gasteiger partial charge in [-0.1, -0.05) is 0 Å². The summed E-state index contributed by atoms with van der Waals surface area (Å²) >= 11 is 1.77. The van der Waals surface area contributed by atoms with Crippen LogP contribution in [0.15, 0.2) is 22.6 Å². The van der Waals surface area contributed by atoms with Crippen molar-refractivity contribution >= 4 is 22.9 Å². The van der Waals surface area contributed by atoms with Crippen molar-refractivity contribution in [3.63, 3.8) is 0 Å². The lowest BCUT2D eigenvalue weighted by Gasteiger charge is -2.19. The summed E-state index contributed by atoms with van der Waals surface area (Å²) in [6, 6.07) is 3.34. The van der Waals surface area contributed by atoms with Crippen LogP contribution in [0.3, 0.4) is 0 Å². The van der Waals surface area contributed by atoms with Crippen LogP contribution < -0.4 is 5.32 Å². The fourth-order valence-electron chi connectivity index (χ4n) is 1.99. The predicted molar refractivity (Wildman–Crippen MR) is 67.1 cm³/mol. The van der Waals surface area contributed by atoms with Gasteiger partial charge in [-0.2, -0.15) is 24.9 Å². The number of oxazole rings is 1. The molecule has 1 unspecified atom stereocenters. The maximum Gasteiger partial charge on any atom is 0.416 e. The Morgan fingerprint density at radius 3 is 2.89 bits per heavy atom. The van der Waals surface area contributed by atoms with E-state index in [4.69, 9.17) is 4.42 Å². The molecule has 0 aliphatic carbocycles. The van der Waals surface area contributed by atoms with Crippen LogP contribution in [0.2, 0.25) is 0 Å². The first kappa shape index (κ1) is 12.8. The van der Waals surface area contributed by atoms with Gasteiger partial charge < -0.3 is 9.73 Å². The van der Waals surface area contributed by atoms with E-state index in [0.29, 0.717) is 11.5 Å². The molecule has 1 aliphatic rings. The average Bonchev–Trinajstić information content (AvgIpc) is 2.81. The molecular weight excluding hydrogens is 277 g/mol. The van der Waals surface area contributed by atoms with Crippen molar-refractivity contribution in [2.45, 2.75) is 12.2 Å². The Balaban J connectivity index is 1.96. The molecule has 3 nitrogen and oxygen atoms in total. The summed E-state index contributed by atoms with van der Waals surface area (Å²) in [5, 5.41) is 3.24. The van der Waals surface area contributed by atoms with Gasteiger partial charge in [0.1, 0.15) is 5.52 Å². The largest absolute Gasteiger partial charge is 0.439 e. The third-order valence-corrected chi connectivity index (χ3v) is 4.01. The number of aromatic nitrogens is 1. The highest BCUT2D eigenvalue weighted by Crippen LogP contribution is 2.32. The molecule has 1 aromatic carbocycles. The highest BCUT2D eigenvalue weighted by atomic mass is 32.2. The summed E-state index contributed by atoms with van der Waals surface area (Å²) in [7, 11) is 0. The molecular formula is C12H11F3N2OS. The SMILES string of the molecule is FC(F)(F)c1ccc2oc(C3CSCCN3)nc2c1. The Morgan fingerprint density at radius 2 is 2.21 bits per heavy atom. The van der Waals surface area contributed by atoms with Crippen molar-refractivity contribution in [2.75, 3.05) is 18.1 Å². The average molecular weight is 288 g/mol. The zero-order valence-corrected chi connectivity index (χ0v) is 10.6. The summed E-state index contributed by atoms with van der Waals surface area (Å²) in [4.78, 5) is 4.17. The van der Waals surface area contributed by atoms with Crippen LogP contribution in [0.1, 0.15) is 17.5 Å². The van der Waals surface area contributed by atoms with E-state index in [1.165, 1.54) is 6.07 Å². The van der Waals surface area contributed by atoms with Gasteiger partial charge in [-0.05, 0) is 18.2 Å². The Bertz CT molecular complexity index is 590. The molecule has 0 spiro atoms. The number of nitrogens with one attached hydrogen (secondary N) is 1. The normalized spacial score (nSPS) is 20.9. The van der Waals surface area contributed by atoms with Crippen LogP contribution in [0.25, 0.3) is 11.1 Å². The summed E-state index contributed by atoms with van der Waals surface area (Å²) in [6.45, 7) is 0.849. The Labute approximate surface area is 111 Å². The molecule has 1 atom stereocenters. The summed E-state index contributed by atoms with van der Waals surface area (Å²) in [5.41, 5.74) is -0.0617. The highest BCUT2D eigenvalue weighted by Gasteiger charge is 2.31. The van der Waals surface area contributed by atoms with Crippen molar-refractivity contribution in [3.05, 3.63) is 29.7 Å². The molecule has 1 fully saturated rings. The van der Waals surface area contributed by atoms with Gasteiger partial charge in [0.2, 0.25) is 5.89 Å². The second-order valence-electron chi connectivity index (χ2n) is 4.31. The second kappa shape index (κ2) is 4.72. The van der Waals surface area contributed by atoms with E-state index in [0.717, 1.165) is 30.2 Å².